The molecule has 5 nitrogen and oxygen atoms in total. The Kier molecular flexibility index (Phi) is 3.89. The van der Waals surface area contributed by atoms with Gasteiger partial charge in [0.1, 0.15) is 6.04 Å². The van der Waals surface area contributed by atoms with Gasteiger partial charge in [-0.25, -0.2) is 0 Å². The largest absolute Gasteiger partial charge is 0.324 e. The molecular formula is C22H23BrN2O3. The fraction of sp³-hybridized carbons (Fsp3) is 0.500. The minimum absolute atomic E-state index is 0.161. The van der Waals surface area contributed by atoms with Crippen LogP contribution in [-0.4, -0.2) is 28.7 Å². The van der Waals surface area contributed by atoms with Gasteiger partial charge in [0.05, 0.1) is 11.8 Å². The van der Waals surface area contributed by atoms with Crippen molar-refractivity contribution in [2.24, 2.45) is 35.5 Å². The maximum atomic E-state index is 13.2. The number of nitrogens with one attached hydrogen (secondary N) is 1. The van der Waals surface area contributed by atoms with Crippen LogP contribution in [0, 0.1) is 49.4 Å². The summed E-state index contributed by atoms with van der Waals surface area (Å²) in [5.74, 6) is 0.293. The van der Waals surface area contributed by atoms with Gasteiger partial charge < -0.3 is 5.32 Å². The van der Waals surface area contributed by atoms with Gasteiger partial charge in [-0.1, -0.05) is 28.1 Å². The van der Waals surface area contributed by atoms with E-state index >= 15 is 0 Å². The lowest BCUT2D eigenvalue weighted by molar-refractivity contribution is -0.146. The molecule has 0 radical (unpaired) electrons. The lowest BCUT2D eigenvalue weighted by atomic mass is 9.63. The quantitative estimate of drug-likeness (QED) is 0.575. The van der Waals surface area contributed by atoms with E-state index in [1.807, 2.05) is 26.0 Å². The first-order valence-corrected chi connectivity index (χ1v) is 10.7. The van der Waals surface area contributed by atoms with Crippen LogP contribution in [0.2, 0.25) is 0 Å². The first-order valence-electron chi connectivity index (χ1n) is 9.92. The minimum atomic E-state index is -0.815. The standard InChI is InChI=1S/C22H23BrN2O3/c1-9-7-17(10(2)6-16(9)23)24-20(26)11(3)25-21(27)18-12-4-5-13(15-8-14(12)15)19(18)22(25)28/h4-7,11-15,18-19H,8H2,1-3H3,(H,24,26)/t11-,12-,13-,14-,15+,18-,19+/m0/s1. The number of amides is 3. The third kappa shape index (κ3) is 2.39. The number of carbonyl (C=O) groups excluding carboxylic acids is 3. The van der Waals surface area contributed by atoms with Gasteiger partial charge in [-0.05, 0) is 74.1 Å². The predicted molar refractivity (Wildman–Crippen MR) is 108 cm³/mol. The zero-order valence-electron chi connectivity index (χ0n) is 16.1. The highest BCUT2D eigenvalue weighted by molar-refractivity contribution is 9.10. The number of imide groups is 1. The van der Waals surface area contributed by atoms with E-state index in [-0.39, 0.29) is 41.4 Å². The smallest absolute Gasteiger partial charge is 0.247 e. The SMILES string of the molecule is Cc1cc(NC(=O)[C@H](C)N2C(=O)[C@@H]3[C@H]4C=C[C@@H]([C@@H]5C[C@H]45)[C@@H]3C2=O)c(C)cc1Br. The Labute approximate surface area is 172 Å². The lowest BCUT2D eigenvalue weighted by Gasteiger charge is -2.37. The molecule has 3 fully saturated rings. The molecule has 0 spiro atoms. The molecule has 1 aliphatic heterocycles. The van der Waals surface area contributed by atoms with Crippen LogP contribution < -0.4 is 5.32 Å². The third-order valence-electron chi connectivity index (χ3n) is 7.23. The molecule has 4 aliphatic carbocycles. The summed E-state index contributed by atoms with van der Waals surface area (Å²) in [6.45, 7) is 5.52. The van der Waals surface area contributed by atoms with Gasteiger partial charge in [0.25, 0.3) is 0 Å². The van der Waals surface area contributed by atoms with Crippen LogP contribution >= 0.6 is 15.9 Å². The van der Waals surface area contributed by atoms with Crippen molar-refractivity contribution in [3.05, 3.63) is 39.9 Å². The predicted octanol–water partition coefficient (Wildman–Crippen LogP) is 3.45. The molecule has 1 heterocycles. The summed E-state index contributed by atoms with van der Waals surface area (Å²) in [5.41, 5.74) is 2.64. The Morgan fingerprint density at radius 2 is 1.64 bits per heavy atom. The van der Waals surface area contributed by atoms with Crippen molar-refractivity contribution in [1.82, 2.24) is 4.90 Å². The van der Waals surface area contributed by atoms with Gasteiger partial charge in [-0.3, -0.25) is 19.3 Å². The second-order valence-electron chi connectivity index (χ2n) is 8.78. The van der Waals surface area contributed by atoms with E-state index in [4.69, 9.17) is 0 Å². The van der Waals surface area contributed by atoms with Gasteiger partial charge in [0.2, 0.25) is 17.7 Å². The lowest BCUT2D eigenvalue weighted by Crippen LogP contribution is -2.46. The topological polar surface area (TPSA) is 66.5 Å². The number of benzene rings is 1. The summed E-state index contributed by atoms with van der Waals surface area (Å²) in [6, 6.07) is 3.03. The Morgan fingerprint density at radius 1 is 1.07 bits per heavy atom. The van der Waals surface area contributed by atoms with Crippen LogP contribution in [-0.2, 0) is 14.4 Å². The molecule has 6 heteroatoms. The van der Waals surface area contributed by atoms with Crippen LogP contribution in [0.5, 0.6) is 0 Å². The molecule has 28 heavy (non-hydrogen) atoms. The van der Waals surface area contributed by atoms with E-state index in [1.165, 1.54) is 4.90 Å². The maximum Gasteiger partial charge on any atom is 0.247 e. The van der Waals surface area contributed by atoms with Crippen LogP contribution in [0.1, 0.15) is 24.5 Å². The molecule has 2 bridgehead atoms. The number of carbonyl (C=O) groups is 3. The second-order valence-corrected chi connectivity index (χ2v) is 9.64. The molecule has 0 aromatic heterocycles. The summed E-state index contributed by atoms with van der Waals surface area (Å²) in [4.78, 5) is 40.5. The molecule has 7 atom stereocenters. The van der Waals surface area contributed by atoms with Crippen molar-refractivity contribution in [1.29, 1.82) is 0 Å². The fourth-order valence-electron chi connectivity index (χ4n) is 5.63. The van der Waals surface area contributed by atoms with Crippen molar-refractivity contribution >= 4 is 39.3 Å². The Morgan fingerprint density at radius 3 is 2.21 bits per heavy atom. The summed E-state index contributed by atoms with van der Waals surface area (Å²) in [5, 5.41) is 2.91. The summed E-state index contributed by atoms with van der Waals surface area (Å²) >= 11 is 3.49. The molecule has 1 aromatic carbocycles. The monoisotopic (exact) mass is 442 g/mol. The number of rotatable bonds is 3. The molecule has 6 rings (SSSR count). The Bertz CT molecular complexity index is 919. The minimum Gasteiger partial charge on any atom is -0.324 e. The van der Waals surface area contributed by atoms with Crippen molar-refractivity contribution in [3.8, 4) is 0 Å². The fourth-order valence-corrected chi connectivity index (χ4v) is 6.09. The summed E-state index contributed by atoms with van der Waals surface area (Å²) in [7, 11) is 0. The van der Waals surface area contributed by atoms with Gasteiger partial charge in [-0.2, -0.15) is 0 Å². The maximum absolute atomic E-state index is 13.2. The van der Waals surface area contributed by atoms with E-state index in [2.05, 4.69) is 33.4 Å². The number of likely N-dealkylation sites (tertiary alicyclic amines) is 1. The molecule has 0 unspecified atom stereocenters. The number of halogens is 1. The zero-order valence-corrected chi connectivity index (χ0v) is 17.7. The molecule has 146 valence electrons. The number of hydrogen-bond acceptors (Lipinski definition) is 3. The van der Waals surface area contributed by atoms with Crippen LogP contribution in [0.4, 0.5) is 5.69 Å². The van der Waals surface area contributed by atoms with Crippen molar-refractivity contribution in [2.45, 2.75) is 33.2 Å². The molecule has 5 aliphatic rings. The first-order chi connectivity index (χ1) is 13.3. The third-order valence-corrected chi connectivity index (χ3v) is 8.08. The molecule has 3 amide bonds. The average molecular weight is 443 g/mol. The number of anilines is 1. The second kappa shape index (κ2) is 6.02. The van der Waals surface area contributed by atoms with E-state index in [0.29, 0.717) is 17.5 Å². The number of aryl methyl sites for hydroxylation is 2. The van der Waals surface area contributed by atoms with E-state index in [0.717, 1.165) is 22.0 Å². The number of nitrogens with zero attached hydrogens (tertiary/aromatic N) is 1. The van der Waals surface area contributed by atoms with Crippen LogP contribution in [0.25, 0.3) is 0 Å². The highest BCUT2D eigenvalue weighted by atomic mass is 79.9. The zero-order chi connectivity index (χ0) is 19.9. The normalized spacial score (nSPS) is 35.6. The number of hydrogen-bond donors (Lipinski definition) is 1. The molecular weight excluding hydrogens is 420 g/mol. The van der Waals surface area contributed by atoms with Gasteiger partial charge in [0.15, 0.2) is 0 Å². The first kappa shape index (κ1) is 18.1. The van der Waals surface area contributed by atoms with E-state index in [9.17, 15) is 14.4 Å². The molecule has 2 saturated carbocycles. The number of allylic oxidation sites excluding steroid dienone is 2. The highest BCUT2D eigenvalue weighted by Crippen LogP contribution is 2.65. The molecule has 1 aromatic rings. The van der Waals surface area contributed by atoms with Gasteiger partial charge in [-0.15, -0.1) is 0 Å². The molecule has 1 saturated heterocycles. The summed E-state index contributed by atoms with van der Waals surface area (Å²) < 4.78 is 0.978. The van der Waals surface area contributed by atoms with Crippen molar-refractivity contribution in [3.63, 3.8) is 0 Å². The summed E-state index contributed by atoms with van der Waals surface area (Å²) in [6.07, 6.45) is 5.43. The highest BCUT2D eigenvalue weighted by Gasteiger charge is 2.67. The van der Waals surface area contributed by atoms with Crippen LogP contribution in [0.3, 0.4) is 0 Å². The van der Waals surface area contributed by atoms with Gasteiger partial charge >= 0.3 is 0 Å². The molecule has 1 N–H and O–H groups in total. The van der Waals surface area contributed by atoms with Gasteiger partial charge in [0, 0.05) is 10.2 Å². The van der Waals surface area contributed by atoms with Crippen molar-refractivity contribution < 1.29 is 14.4 Å². The van der Waals surface area contributed by atoms with Crippen LogP contribution in [0.15, 0.2) is 28.8 Å². The Hall–Kier alpha value is -1.95. The van der Waals surface area contributed by atoms with E-state index < -0.39 is 6.04 Å². The van der Waals surface area contributed by atoms with E-state index in [1.54, 1.807) is 6.92 Å². The average Bonchev–Trinajstić information content (AvgIpc) is 3.43. The Balaban J connectivity index is 1.38. The van der Waals surface area contributed by atoms with Crippen molar-refractivity contribution in [2.75, 3.05) is 5.32 Å².